The molecule has 260 valence electrons. The van der Waals surface area contributed by atoms with Gasteiger partial charge >= 0.3 is 0 Å². The van der Waals surface area contributed by atoms with Crippen LogP contribution in [0.1, 0.15) is 67.4 Å². The molecule has 4 aromatic rings. The zero-order chi connectivity index (χ0) is 34.8. The highest BCUT2D eigenvalue weighted by atomic mass is 16.2. The Labute approximate surface area is 293 Å². The van der Waals surface area contributed by atoms with E-state index in [4.69, 9.17) is 0 Å². The first-order valence-electron chi connectivity index (χ1n) is 17.5. The number of hydrogen-bond acceptors (Lipinski definition) is 7. The van der Waals surface area contributed by atoms with Gasteiger partial charge in [0.2, 0.25) is 0 Å². The number of piperazine rings is 1. The lowest BCUT2D eigenvalue weighted by Crippen LogP contribution is -2.56. The number of fused-ring (bicyclic) bond motifs is 2. The van der Waals surface area contributed by atoms with Crippen LogP contribution in [0.3, 0.4) is 0 Å². The topological polar surface area (TPSA) is 106 Å². The highest BCUT2D eigenvalue weighted by Crippen LogP contribution is 2.49. The third-order valence-electron chi connectivity index (χ3n) is 10.6. The first-order valence-corrected chi connectivity index (χ1v) is 17.5. The summed E-state index contributed by atoms with van der Waals surface area (Å²) in [4.78, 5) is 51.9. The summed E-state index contributed by atoms with van der Waals surface area (Å²) < 4.78 is 2.19. The van der Waals surface area contributed by atoms with Crippen molar-refractivity contribution in [3.63, 3.8) is 0 Å². The van der Waals surface area contributed by atoms with Crippen molar-refractivity contribution in [2.75, 3.05) is 64.1 Å². The smallest absolute Gasteiger partial charge is 0.268 e. The number of carbonyl (C=O) groups excluding carboxylic acids is 3. The molecule has 11 nitrogen and oxygen atoms in total. The van der Waals surface area contributed by atoms with Crippen LogP contribution >= 0.6 is 0 Å². The van der Waals surface area contributed by atoms with E-state index in [0.29, 0.717) is 28.2 Å². The lowest BCUT2D eigenvalue weighted by atomic mass is 9.71. The second-order valence-corrected chi connectivity index (χ2v) is 14.0. The molecule has 11 heteroatoms. The molecular weight excluding hydrogens is 628 g/mol. The molecule has 0 radical (unpaired) electrons. The van der Waals surface area contributed by atoms with Crippen LogP contribution in [0.4, 0.5) is 11.4 Å². The standard InChI is InChI=1S/C39H46N8O3/c1-43(2)38(50)30-7-5-28(6-8-30)27-46-23-24-47-34(15-16-35(47)39(46)17-4-18-39)37(49)41-25-31-11-12-32(26-40-31)42-36(48)29-9-13-33(14-10-29)45-21-19-44(3)20-22-45/h5-16,26H,4,17-25,27H2,1-3H3,(H,41,49)(H,42,48). The van der Waals surface area contributed by atoms with E-state index < -0.39 is 0 Å². The second-order valence-electron chi connectivity index (χ2n) is 14.0. The van der Waals surface area contributed by atoms with E-state index in [0.717, 1.165) is 70.8 Å². The number of nitrogens with zero attached hydrogens (tertiary/aromatic N) is 6. The lowest BCUT2D eigenvalue weighted by molar-refractivity contribution is -0.0217. The Morgan fingerprint density at radius 2 is 1.52 bits per heavy atom. The third kappa shape index (κ3) is 6.75. The van der Waals surface area contributed by atoms with Crippen molar-refractivity contribution in [3.05, 3.63) is 113 Å². The Balaban J connectivity index is 0.934. The van der Waals surface area contributed by atoms with Gasteiger partial charge in [0.25, 0.3) is 17.7 Å². The monoisotopic (exact) mass is 674 g/mol. The predicted molar refractivity (Wildman–Crippen MR) is 194 cm³/mol. The van der Waals surface area contributed by atoms with Crippen molar-refractivity contribution in [2.24, 2.45) is 0 Å². The molecule has 7 rings (SSSR count). The third-order valence-corrected chi connectivity index (χ3v) is 10.6. The van der Waals surface area contributed by atoms with Crippen molar-refractivity contribution in [1.82, 2.24) is 29.6 Å². The summed E-state index contributed by atoms with van der Waals surface area (Å²) in [6.45, 7) is 6.68. The normalized spacial score (nSPS) is 17.1. The number of hydrogen-bond donors (Lipinski definition) is 2. The van der Waals surface area contributed by atoms with Gasteiger partial charge in [-0.3, -0.25) is 24.3 Å². The van der Waals surface area contributed by atoms with Gasteiger partial charge in [-0.25, -0.2) is 0 Å². The lowest BCUT2D eigenvalue weighted by Gasteiger charge is -2.53. The minimum atomic E-state index is -0.187. The Morgan fingerprint density at radius 1 is 0.800 bits per heavy atom. The summed E-state index contributed by atoms with van der Waals surface area (Å²) in [5.41, 5.74) is 6.68. The minimum Gasteiger partial charge on any atom is -0.369 e. The highest BCUT2D eigenvalue weighted by molar-refractivity contribution is 6.04. The number of benzene rings is 2. The molecule has 1 saturated carbocycles. The quantitative estimate of drug-likeness (QED) is 0.271. The molecule has 0 unspecified atom stereocenters. The van der Waals surface area contributed by atoms with Gasteiger partial charge in [0, 0.05) is 82.4 Å². The van der Waals surface area contributed by atoms with Gasteiger partial charge in [-0.15, -0.1) is 0 Å². The van der Waals surface area contributed by atoms with Crippen LogP contribution in [0.15, 0.2) is 79.0 Å². The molecule has 2 aromatic carbocycles. The van der Waals surface area contributed by atoms with Crippen LogP contribution in [0.5, 0.6) is 0 Å². The first-order chi connectivity index (χ1) is 24.2. The van der Waals surface area contributed by atoms with Crippen LogP contribution < -0.4 is 15.5 Å². The fourth-order valence-electron chi connectivity index (χ4n) is 7.41. The number of pyridine rings is 1. The van der Waals surface area contributed by atoms with E-state index in [1.54, 1.807) is 25.2 Å². The van der Waals surface area contributed by atoms with Crippen molar-refractivity contribution in [2.45, 2.75) is 44.4 Å². The molecule has 2 N–H and O–H groups in total. The van der Waals surface area contributed by atoms with E-state index in [1.165, 1.54) is 11.3 Å². The molecule has 3 amide bonds. The zero-order valence-corrected chi connectivity index (χ0v) is 29.2. The molecule has 2 fully saturated rings. The molecule has 0 bridgehead atoms. The van der Waals surface area contributed by atoms with Gasteiger partial charge in [-0.1, -0.05) is 12.1 Å². The maximum Gasteiger partial charge on any atom is 0.268 e. The molecule has 4 heterocycles. The average Bonchev–Trinajstić information content (AvgIpc) is 3.55. The van der Waals surface area contributed by atoms with Gasteiger partial charge in [0.05, 0.1) is 29.7 Å². The van der Waals surface area contributed by atoms with Crippen LogP contribution in [-0.4, -0.2) is 95.8 Å². The van der Waals surface area contributed by atoms with Crippen LogP contribution in [0.2, 0.25) is 0 Å². The Bertz CT molecular complexity index is 1840. The van der Waals surface area contributed by atoms with Gasteiger partial charge in [0.15, 0.2) is 0 Å². The first kappa shape index (κ1) is 33.5. The molecule has 2 aliphatic heterocycles. The van der Waals surface area contributed by atoms with Gasteiger partial charge < -0.3 is 29.9 Å². The van der Waals surface area contributed by atoms with Crippen molar-refractivity contribution in [1.29, 1.82) is 0 Å². The summed E-state index contributed by atoms with van der Waals surface area (Å²) in [6.07, 6.45) is 4.90. The minimum absolute atomic E-state index is 0.00364. The Kier molecular flexibility index (Phi) is 9.44. The SMILES string of the molecule is CN1CCN(c2ccc(C(=O)Nc3ccc(CNC(=O)c4ccc5n4CCN(Cc4ccc(C(=O)N(C)C)cc4)C54CCC4)nc3)cc2)CC1. The van der Waals surface area contributed by atoms with E-state index in [1.807, 2.05) is 54.6 Å². The number of likely N-dealkylation sites (N-methyl/N-ethyl adjacent to an activating group) is 1. The zero-order valence-electron chi connectivity index (χ0n) is 29.2. The molecule has 1 spiro atoms. The molecule has 0 atom stereocenters. The highest BCUT2D eigenvalue weighted by Gasteiger charge is 2.48. The number of carbonyl (C=O) groups is 3. The molecule has 1 aliphatic carbocycles. The number of nitrogens with one attached hydrogen (secondary N) is 2. The fraction of sp³-hybridized carbons (Fsp3) is 0.385. The van der Waals surface area contributed by atoms with Gasteiger partial charge in [-0.2, -0.15) is 0 Å². The summed E-state index contributed by atoms with van der Waals surface area (Å²) >= 11 is 0. The summed E-state index contributed by atoms with van der Waals surface area (Å²) in [5.74, 6) is -0.309. The Hall–Kier alpha value is -5.00. The van der Waals surface area contributed by atoms with E-state index >= 15 is 0 Å². The number of amides is 3. The van der Waals surface area contributed by atoms with E-state index in [2.05, 4.69) is 60.1 Å². The number of rotatable bonds is 9. The summed E-state index contributed by atoms with van der Waals surface area (Å²) in [6, 6.07) is 23.4. The van der Waals surface area contributed by atoms with Crippen LogP contribution in [0.25, 0.3) is 0 Å². The predicted octanol–water partition coefficient (Wildman–Crippen LogP) is 4.41. The van der Waals surface area contributed by atoms with Crippen molar-refractivity contribution in [3.8, 4) is 0 Å². The second kappa shape index (κ2) is 14.1. The summed E-state index contributed by atoms with van der Waals surface area (Å²) in [5, 5.41) is 5.98. The largest absolute Gasteiger partial charge is 0.369 e. The molecular formula is C39H46N8O3. The van der Waals surface area contributed by atoms with Gasteiger partial charge in [0.1, 0.15) is 5.69 Å². The summed E-state index contributed by atoms with van der Waals surface area (Å²) in [7, 11) is 5.67. The number of anilines is 2. The maximum absolute atomic E-state index is 13.4. The Morgan fingerprint density at radius 3 is 2.16 bits per heavy atom. The van der Waals surface area contributed by atoms with Crippen LogP contribution in [0, 0.1) is 0 Å². The molecule has 2 aromatic heterocycles. The van der Waals surface area contributed by atoms with E-state index in [9.17, 15) is 14.4 Å². The molecule has 3 aliphatic rings. The van der Waals surface area contributed by atoms with Crippen LogP contribution in [-0.2, 0) is 25.2 Å². The average molecular weight is 675 g/mol. The fourth-order valence-corrected chi connectivity index (χ4v) is 7.41. The molecule has 1 saturated heterocycles. The van der Waals surface area contributed by atoms with Crippen molar-refractivity contribution >= 4 is 29.1 Å². The molecule has 50 heavy (non-hydrogen) atoms. The maximum atomic E-state index is 13.4. The van der Waals surface area contributed by atoms with Crippen molar-refractivity contribution < 1.29 is 14.4 Å². The van der Waals surface area contributed by atoms with E-state index in [-0.39, 0.29) is 29.8 Å². The number of aromatic nitrogens is 2. The van der Waals surface area contributed by atoms with Gasteiger partial charge in [-0.05, 0) is 92.5 Å².